The molecule has 206 valence electrons. The van der Waals surface area contributed by atoms with E-state index in [9.17, 15) is 18.4 Å². The molecule has 0 bridgehead atoms. The van der Waals surface area contributed by atoms with Gasteiger partial charge in [-0.3, -0.25) is 0 Å². The maximum atomic E-state index is 13.4. The Morgan fingerprint density at radius 2 is 1.82 bits per heavy atom. The summed E-state index contributed by atoms with van der Waals surface area (Å²) in [6.45, 7) is 2.79. The molecule has 38 heavy (non-hydrogen) atoms. The fourth-order valence-corrected chi connectivity index (χ4v) is 8.14. The second-order valence-electron chi connectivity index (χ2n) is 11.4. The number of methoxy groups -OCH3 is 2. The minimum Gasteiger partial charge on any atom is -0.411 e. The van der Waals surface area contributed by atoms with Gasteiger partial charge in [-0.25, -0.2) is 0 Å². The maximum Gasteiger partial charge on any atom is 0.437 e. The number of oxime groups is 2. The van der Waals surface area contributed by atoms with Crippen molar-refractivity contribution in [2.45, 2.75) is 69.6 Å². The van der Waals surface area contributed by atoms with Crippen LogP contribution in [0.4, 0.5) is 13.2 Å². The third-order valence-electron chi connectivity index (χ3n) is 9.89. The molecular weight excluding hydrogens is 497 g/mol. The third kappa shape index (κ3) is 4.09. The Morgan fingerprint density at radius 1 is 1.08 bits per heavy atom. The molecule has 0 saturated heterocycles. The van der Waals surface area contributed by atoms with Crippen LogP contribution in [0.1, 0.15) is 68.9 Å². The summed E-state index contributed by atoms with van der Waals surface area (Å²) in [4.78, 5) is 0. The predicted molar refractivity (Wildman–Crippen MR) is 137 cm³/mol. The van der Waals surface area contributed by atoms with E-state index in [1.165, 1.54) is 28.9 Å². The molecule has 5 rings (SSSR count). The van der Waals surface area contributed by atoms with Crippen LogP contribution in [0.5, 0.6) is 0 Å². The molecule has 0 spiro atoms. The van der Waals surface area contributed by atoms with Gasteiger partial charge in [-0.2, -0.15) is 13.2 Å². The van der Waals surface area contributed by atoms with E-state index >= 15 is 0 Å². The van der Waals surface area contributed by atoms with Crippen molar-refractivity contribution in [1.29, 1.82) is 0 Å². The first kappa shape index (κ1) is 26.9. The quantitative estimate of drug-likeness (QED) is 0.254. The molecule has 2 N–H and O–H groups in total. The normalized spacial score (nSPS) is 34.6. The largest absolute Gasteiger partial charge is 0.437 e. The van der Waals surface area contributed by atoms with Crippen LogP contribution in [-0.2, 0) is 9.47 Å². The molecule has 4 aliphatic rings. The van der Waals surface area contributed by atoms with E-state index in [0.717, 1.165) is 44.1 Å². The van der Waals surface area contributed by atoms with Crippen molar-refractivity contribution in [3.05, 3.63) is 58.2 Å². The lowest BCUT2D eigenvalue weighted by Crippen LogP contribution is -2.54. The molecule has 6 nitrogen and oxygen atoms in total. The van der Waals surface area contributed by atoms with Crippen LogP contribution in [0.3, 0.4) is 0 Å². The molecule has 0 aliphatic heterocycles. The summed E-state index contributed by atoms with van der Waals surface area (Å²) in [7, 11) is 3.46. The molecule has 5 atom stereocenters. The smallest absolute Gasteiger partial charge is 0.411 e. The van der Waals surface area contributed by atoms with Gasteiger partial charge in [0.25, 0.3) is 0 Å². The average molecular weight is 533 g/mol. The van der Waals surface area contributed by atoms with Gasteiger partial charge in [-0.1, -0.05) is 47.1 Å². The van der Waals surface area contributed by atoms with Crippen LogP contribution in [0.2, 0.25) is 0 Å². The van der Waals surface area contributed by atoms with Crippen molar-refractivity contribution < 1.29 is 33.1 Å². The van der Waals surface area contributed by atoms with E-state index < -0.39 is 17.5 Å². The van der Waals surface area contributed by atoms with Gasteiger partial charge in [-0.05, 0) is 79.6 Å². The van der Waals surface area contributed by atoms with E-state index in [2.05, 4.69) is 17.2 Å². The van der Waals surface area contributed by atoms with Crippen LogP contribution < -0.4 is 0 Å². The zero-order valence-electron chi connectivity index (χ0n) is 22.0. The first-order valence-corrected chi connectivity index (χ1v) is 13.2. The molecular formula is C29H35F3N2O4. The second-order valence-corrected chi connectivity index (χ2v) is 11.4. The van der Waals surface area contributed by atoms with Crippen molar-refractivity contribution in [2.75, 3.05) is 20.8 Å². The van der Waals surface area contributed by atoms with Gasteiger partial charge in [0.15, 0.2) is 5.71 Å². The second kappa shape index (κ2) is 9.83. The number of alkyl halides is 3. The first-order valence-electron chi connectivity index (χ1n) is 13.2. The van der Waals surface area contributed by atoms with Crippen LogP contribution >= 0.6 is 0 Å². The lowest BCUT2D eigenvalue weighted by molar-refractivity contribution is -0.149. The number of rotatable bonds is 5. The zero-order chi connectivity index (χ0) is 27.3. The van der Waals surface area contributed by atoms with Crippen molar-refractivity contribution in [3.63, 3.8) is 0 Å². The number of hydrogen-bond donors (Lipinski definition) is 2. The number of halogens is 3. The van der Waals surface area contributed by atoms with Gasteiger partial charge >= 0.3 is 6.18 Å². The van der Waals surface area contributed by atoms with Gasteiger partial charge in [0.2, 0.25) is 0 Å². The van der Waals surface area contributed by atoms with Crippen molar-refractivity contribution in [2.24, 2.45) is 27.6 Å². The fourth-order valence-electron chi connectivity index (χ4n) is 8.14. The van der Waals surface area contributed by atoms with Crippen LogP contribution in [0.15, 0.2) is 57.4 Å². The highest BCUT2D eigenvalue weighted by Crippen LogP contribution is 2.67. The monoisotopic (exact) mass is 532 g/mol. The summed E-state index contributed by atoms with van der Waals surface area (Å²) >= 11 is 0. The lowest BCUT2D eigenvalue weighted by atomic mass is 9.51. The number of benzene rings is 1. The molecule has 4 aliphatic carbocycles. The summed E-state index contributed by atoms with van der Waals surface area (Å²) in [5.41, 5.74) is 3.44. The fraction of sp³-hybridized carbons (Fsp3) is 0.586. The lowest BCUT2D eigenvalue weighted by Gasteiger charge is -2.55. The molecule has 1 aromatic rings. The van der Waals surface area contributed by atoms with Gasteiger partial charge in [-0.15, -0.1) is 0 Å². The number of nitrogens with zero attached hydrogens (tertiary/aromatic N) is 2. The molecule has 0 aromatic heterocycles. The molecule has 2 fully saturated rings. The van der Waals surface area contributed by atoms with E-state index in [1.54, 1.807) is 26.4 Å². The highest BCUT2D eigenvalue weighted by atomic mass is 19.4. The summed E-state index contributed by atoms with van der Waals surface area (Å²) < 4.78 is 52.0. The number of hydrogen-bond acceptors (Lipinski definition) is 6. The van der Waals surface area contributed by atoms with Gasteiger partial charge in [0.05, 0.1) is 17.9 Å². The summed E-state index contributed by atoms with van der Waals surface area (Å²) in [6.07, 6.45) is 3.30. The van der Waals surface area contributed by atoms with Crippen molar-refractivity contribution in [3.8, 4) is 0 Å². The first-order chi connectivity index (χ1) is 18.1. The summed E-state index contributed by atoms with van der Waals surface area (Å²) in [5, 5.41) is 24.4. The Hall–Kier alpha value is -2.65. The standard InChI is InChI=1S/C29H35F3N2O4/c1-27-15-23(17-4-6-18(7-5-17)26(34-36)29(30,31)32)25-21-11-9-20(33-35)14-19(21)8-10-22(25)24(27)12-13-28(27,38-3)16-37-2/h4-7,14,22-24,35-36H,8-13,15-16H2,1-3H3/b33-20-,34-26+/t22-,23+,24-,27-,28+/m0/s1. The third-order valence-corrected chi connectivity index (χ3v) is 9.89. The SMILES string of the molecule is COC[C@]1(OC)CC[C@H]2[C@@H]3CCC4=C/C(=N\O)CCC4=C3[C@@H](c3ccc(/C(=N\O)C(F)(F)F)cc3)C[C@@]21C. The van der Waals surface area contributed by atoms with Crippen molar-refractivity contribution in [1.82, 2.24) is 0 Å². The average Bonchev–Trinajstić information content (AvgIpc) is 3.20. The summed E-state index contributed by atoms with van der Waals surface area (Å²) in [6, 6.07) is 6.28. The minimum absolute atomic E-state index is 0.00787. The van der Waals surface area contributed by atoms with E-state index in [1.807, 2.05) is 6.08 Å². The highest BCUT2D eigenvalue weighted by Gasteiger charge is 2.63. The Morgan fingerprint density at radius 3 is 2.42 bits per heavy atom. The topological polar surface area (TPSA) is 83.6 Å². The predicted octanol–water partition coefficient (Wildman–Crippen LogP) is 6.62. The van der Waals surface area contributed by atoms with Gasteiger partial charge in [0.1, 0.15) is 0 Å². The molecule has 0 unspecified atom stereocenters. The molecule has 1 aromatic carbocycles. The Labute approximate surface area is 220 Å². The Kier molecular flexibility index (Phi) is 6.97. The minimum atomic E-state index is -4.75. The Bertz CT molecular complexity index is 1200. The van der Waals surface area contributed by atoms with Crippen molar-refractivity contribution >= 4 is 11.4 Å². The van der Waals surface area contributed by atoms with Crippen LogP contribution in [0.25, 0.3) is 0 Å². The number of ether oxygens (including phenoxy) is 2. The molecule has 0 radical (unpaired) electrons. The number of fused-ring (bicyclic) bond motifs is 4. The maximum absolute atomic E-state index is 13.4. The molecule has 0 heterocycles. The van der Waals surface area contributed by atoms with Gasteiger partial charge in [0, 0.05) is 31.1 Å². The zero-order valence-corrected chi connectivity index (χ0v) is 22.0. The highest BCUT2D eigenvalue weighted by molar-refractivity contribution is 6.04. The molecule has 9 heteroatoms. The van der Waals surface area contributed by atoms with E-state index in [0.29, 0.717) is 30.6 Å². The number of allylic oxidation sites excluding steroid dienone is 4. The summed E-state index contributed by atoms with van der Waals surface area (Å²) in [5.74, 6) is 0.728. The Balaban J connectivity index is 1.64. The van der Waals surface area contributed by atoms with Gasteiger partial charge < -0.3 is 19.9 Å². The molecule has 0 amide bonds. The van der Waals surface area contributed by atoms with Crippen LogP contribution in [0, 0.1) is 17.3 Å². The van der Waals surface area contributed by atoms with Crippen LogP contribution in [-0.4, -0.2) is 54.4 Å². The van der Waals surface area contributed by atoms with E-state index in [4.69, 9.17) is 14.7 Å². The molecule has 2 saturated carbocycles. The van der Waals surface area contributed by atoms with E-state index in [-0.39, 0.29) is 16.9 Å².